The zero-order valence-electron chi connectivity index (χ0n) is 14.8. The summed E-state index contributed by atoms with van der Waals surface area (Å²) in [7, 11) is 0. The van der Waals surface area contributed by atoms with Gasteiger partial charge in [-0.25, -0.2) is 0 Å². The van der Waals surface area contributed by atoms with Gasteiger partial charge in [0.15, 0.2) is 0 Å². The van der Waals surface area contributed by atoms with Gasteiger partial charge in [-0.1, -0.05) is 26.7 Å². The minimum Gasteiger partial charge on any atom is -0.326 e. The van der Waals surface area contributed by atoms with E-state index < -0.39 is 0 Å². The molecule has 1 aliphatic heterocycles. The monoisotopic (exact) mass is 331 g/mol. The predicted molar refractivity (Wildman–Crippen MR) is 98.1 cm³/mol. The number of carbonyl (C=O) groups is 2. The van der Waals surface area contributed by atoms with Gasteiger partial charge in [0.1, 0.15) is 0 Å². The van der Waals surface area contributed by atoms with Crippen LogP contribution in [0.4, 0.5) is 11.4 Å². The molecule has 5 nitrogen and oxygen atoms in total. The fourth-order valence-corrected chi connectivity index (χ4v) is 2.92. The third-order valence-corrected chi connectivity index (χ3v) is 4.11. The molecule has 2 amide bonds. The van der Waals surface area contributed by atoms with Crippen LogP contribution in [0.25, 0.3) is 0 Å². The maximum Gasteiger partial charge on any atom is 0.238 e. The van der Waals surface area contributed by atoms with Crippen molar-refractivity contribution in [2.24, 2.45) is 5.92 Å². The van der Waals surface area contributed by atoms with Gasteiger partial charge < -0.3 is 10.6 Å². The maximum absolute atomic E-state index is 12.2. The molecule has 0 aliphatic carbocycles. The Labute approximate surface area is 144 Å². The van der Waals surface area contributed by atoms with E-state index in [2.05, 4.69) is 15.5 Å². The molecule has 0 unspecified atom stereocenters. The van der Waals surface area contributed by atoms with Crippen molar-refractivity contribution < 1.29 is 9.59 Å². The quantitative estimate of drug-likeness (QED) is 0.839. The third kappa shape index (κ3) is 6.71. The highest BCUT2D eigenvalue weighted by Crippen LogP contribution is 2.15. The fourth-order valence-electron chi connectivity index (χ4n) is 2.92. The van der Waals surface area contributed by atoms with Crippen molar-refractivity contribution >= 4 is 23.2 Å². The standard InChI is InChI=1S/C19H29N3O2/c1-15(2)13-18(23)20-16-7-9-17(10-8-16)21-19(24)14-22-11-5-3-4-6-12-22/h7-10,15H,3-6,11-14H2,1-2H3,(H,20,23)(H,21,24). The molecule has 0 saturated carbocycles. The van der Waals surface area contributed by atoms with E-state index in [4.69, 9.17) is 0 Å². The molecule has 0 bridgehead atoms. The highest BCUT2D eigenvalue weighted by molar-refractivity contribution is 5.93. The van der Waals surface area contributed by atoms with E-state index in [0.717, 1.165) is 24.5 Å². The normalized spacial score (nSPS) is 15.8. The van der Waals surface area contributed by atoms with E-state index >= 15 is 0 Å². The minimum atomic E-state index is 0.0166. The lowest BCUT2D eigenvalue weighted by Crippen LogP contribution is -2.33. The average molecular weight is 331 g/mol. The number of hydrogen-bond donors (Lipinski definition) is 2. The molecule has 0 atom stereocenters. The minimum absolute atomic E-state index is 0.0166. The molecule has 0 spiro atoms. The Morgan fingerprint density at radius 2 is 1.42 bits per heavy atom. The number of rotatable bonds is 6. The first-order valence-electron chi connectivity index (χ1n) is 8.95. The molecule has 0 aromatic heterocycles. The Morgan fingerprint density at radius 1 is 0.917 bits per heavy atom. The van der Waals surface area contributed by atoms with Gasteiger partial charge in [-0.3, -0.25) is 14.5 Å². The lowest BCUT2D eigenvalue weighted by Gasteiger charge is -2.19. The molecule has 1 fully saturated rings. The predicted octanol–water partition coefficient (Wildman–Crippen LogP) is 3.49. The molecule has 5 heteroatoms. The number of nitrogens with one attached hydrogen (secondary N) is 2. The number of anilines is 2. The van der Waals surface area contributed by atoms with Gasteiger partial charge >= 0.3 is 0 Å². The topological polar surface area (TPSA) is 61.4 Å². The van der Waals surface area contributed by atoms with Gasteiger partial charge in [-0.15, -0.1) is 0 Å². The SMILES string of the molecule is CC(C)CC(=O)Nc1ccc(NC(=O)CN2CCCCCC2)cc1. The summed E-state index contributed by atoms with van der Waals surface area (Å²) in [6.45, 7) is 6.50. The van der Waals surface area contributed by atoms with Crippen molar-refractivity contribution in [3.8, 4) is 0 Å². The molecule has 24 heavy (non-hydrogen) atoms. The molecule has 1 saturated heterocycles. The zero-order valence-corrected chi connectivity index (χ0v) is 14.8. The van der Waals surface area contributed by atoms with Crippen LogP contribution in [0.2, 0.25) is 0 Å². The molecule has 0 radical (unpaired) electrons. The first-order valence-corrected chi connectivity index (χ1v) is 8.95. The number of carbonyl (C=O) groups excluding carboxylic acids is 2. The number of nitrogens with zero attached hydrogens (tertiary/aromatic N) is 1. The molecular formula is C19H29N3O2. The first kappa shape index (κ1) is 18.5. The largest absolute Gasteiger partial charge is 0.326 e. The third-order valence-electron chi connectivity index (χ3n) is 4.11. The molecule has 1 aliphatic rings. The summed E-state index contributed by atoms with van der Waals surface area (Å²) in [6, 6.07) is 7.29. The van der Waals surface area contributed by atoms with E-state index in [1.807, 2.05) is 38.1 Å². The number of hydrogen-bond acceptors (Lipinski definition) is 3. The number of amides is 2. The zero-order chi connectivity index (χ0) is 17.4. The summed E-state index contributed by atoms with van der Waals surface area (Å²) in [6.07, 6.45) is 5.40. The number of likely N-dealkylation sites (tertiary alicyclic amines) is 1. The second-order valence-electron chi connectivity index (χ2n) is 6.96. The van der Waals surface area contributed by atoms with Crippen LogP contribution in [0.15, 0.2) is 24.3 Å². The highest BCUT2D eigenvalue weighted by Gasteiger charge is 2.13. The van der Waals surface area contributed by atoms with Crippen molar-refractivity contribution in [1.82, 2.24) is 4.90 Å². The van der Waals surface area contributed by atoms with Gasteiger partial charge in [0.05, 0.1) is 6.54 Å². The molecule has 2 N–H and O–H groups in total. The lowest BCUT2D eigenvalue weighted by atomic mass is 10.1. The second-order valence-corrected chi connectivity index (χ2v) is 6.96. The maximum atomic E-state index is 12.2. The van der Waals surface area contributed by atoms with Crippen molar-refractivity contribution in [3.63, 3.8) is 0 Å². The van der Waals surface area contributed by atoms with Gasteiger partial charge in [-0.05, 0) is 56.1 Å². The van der Waals surface area contributed by atoms with Crippen molar-refractivity contribution in [1.29, 1.82) is 0 Å². The average Bonchev–Trinajstić information content (AvgIpc) is 2.77. The summed E-state index contributed by atoms with van der Waals surface area (Å²) in [5.74, 6) is 0.374. The summed E-state index contributed by atoms with van der Waals surface area (Å²) in [5, 5.41) is 5.80. The molecule has 132 valence electrons. The molecule has 2 rings (SSSR count). The van der Waals surface area contributed by atoms with Crippen LogP contribution in [0.3, 0.4) is 0 Å². The molecule has 1 aromatic rings. The van der Waals surface area contributed by atoms with E-state index in [9.17, 15) is 9.59 Å². The van der Waals surface area contributed by atoms with Crippen LogP contribution < -0.4 is 10.6 Å². The van der Waals surface area contributed by atoms with E-state index in [1.165, 1.54) is 25.7 Å². The summed E-state index contributed by atoms with van der Waals surface area (Å²) >= 11 is 0. The van der Waals surface area contributed by atoms with Crippen molar-refractivity contribution in [2.75, 3.05) is 30.3 Å². The van der Waals surface area contributed by atoms with Gasteiger partial charge in [-0.2, -0.15) is 0 Å². The van der Waals surface area contributed by atoms with Gasteiger partial charge in [0, 0.05) is 17.8 Å². The van der Waals surface area contributed by atoms with Gasteiger partial charge in [0.25, 0.3) is 0 Å². The van der Waals surface area contributed by atoms with E-state index in [0.29, 0.717) is 18.9 Å². The summed E-state index contributed by atoms with van der Waals surface area (Å²) in [5.41, 5.74) is 1.52. The van der Waals surface area contributed by atoms with Crippen LogP contribution in [0.1, 0.15) is 46.0 Å². The number of benzene rings is 1. The Hall–Kier alpha value is -1.88. The second kappa shape index (κ2) is 9.42. The summed E-state index contributed by atoms with van der Waals surface area (Å²) in [4.78, 5) is 26.1. The van der Waals surface area contributed by atoms with Crippen molar-refractivity contribution in [3.05, 3.63) is 24.3 Å². The highest BCUT2D eigenvalue weighted by atomic mass is 16.2. The van der Waals surface area contributed by atoms with Crippen molar-refractivity contribution in [2.45, 2.75) is 46.0 Å². The van der Waals surface area contributed by atoms with E-state index in [1.54, 1.807) is 0 Å². The Morgan fingerprint density at radius 3 is 1.92 bits per heavy atom. The van der Waals surface area contributed by atoms with Crippen LogP contribution in [0, 0.1) is 5.92 Å². The van der Waals surface area contributed by atoms with Crippen LogP contribution in [-0.4, -0.2) is 36.3 Å². The first-order chi connectivity index (χ1) is 11.5. The van der Waals surface area contributed by atoms with E-state index in [-0.39, 0.29) is 11.8 Å². The van der Waals surface area contributed by atoms with Crippen LogP contribution in [0.5, 0.6) is 0 Å². The Bertz CT molecular complexity index is 532. The molecule has 1 aromatic carbocycles. The lowest BCUT2D eigenvalue weighted by molar-refractivity contribution is -0.118. The molecule has 1 heterocycles. The Kier molecular flexibility index (Phi) is 7.25. The van der Waals surface area contributed by atoms with Crippen LogP contribution in [-0.2, 0) is 9.59 Å². The van der Waals surface area contributed by atoms with Crippen LogP contribution >= 0.6 is 0 Å². The fraction of sp³-hybridized carbons (Fsp3) is 0.579. The smallest absolute Gasteiger partial charge is 0.238 e. The van der Waals surface area contributed by atoms with Gasteiger partial charge in [0.2, 0.25) is 11.8 Å². The molecular weight excluding hydrogens is 302 g/mol. The Balaban J connectivity index is 1.80. The summed E-state index contributed by atoms with van der Waals surface area (Å²) < 4.78 is 0.